The molecule has 2 aromatic heterocycles. The van der Waals surface area contributed by atoms with Gasteiger partial charge < -0.3 is 5.32 Å². The summed E-state index contributed by atoms with van der Waals surface area (Å²) in [5.74, 6) is 0. The van der Waals surface area contributed by atoms with Crippen molar-refractivity contribution in [3.8, 4) is 0 Å². The molecule has 3 heterocycles. The molecule has 0 radical (unpaired) electrons. The Hall–Kier alpha value is -2.08. The summed E-state index contributed by atoms with van der Waals surface area (Å²) < 4.78 is 1.97. The number of nitrogens with zero attached hydrogens (tertiary/aromatic N) is 3. The Morgan fingerprint density at radius 2 is 1.93 bits per heavy atom. The summed E-state index contributed by atoms with van der Waals surface area (Å²) in [6.45, 7) is 2.93. The zero-order valence-corrected chi connectivity index (χ0v) is 16.8. The second-order valence-corrected chi connectivity index (χ2v) is 8.61. The predicted molar refractivity (Wildman–Crippen MR) is 112 cm³/mol. The molecule has 2 aromatic rings. The molecule has 6 nitrogen and oxygen atoms in total. The summed E-state index contributed by atoms with van der Waals surface area (Å²) in [6.07, 6.45) is 18.7. The molecule has 0 saturated heterocycles. The Labute approximate surface area is 166 Å². The van der Waals surface area contributed by atoms with Crippen LogP contribution in [0.4, 0.5) is 5.69 Å². The molecule has 2 fully saturated rings. The lowest BCUT2D eigenvalue weighted by atomic mass is 9.84. The van der Waals surface area contributed by atoms with Crippen LogP contribution in [0.1, 0.15) is 76.7 Å². The highest BCUT2D eigenvalue weighted by atomic mass is 16.7. The smallest absolute Gasteiger partial charge is 0.159 e. The van der Waals surface area contributed by atoms with Gasteiger partial charge in [0, 0.05) is 24.3 Å². The molecule has 2 aliphatic carbocycles. The maximum absolute atomic E-state index is 6.11. The molecule has 28 heavy (non-hydrogen) atoms. The van der Waals surface area contributed by atoms with Crippen molar-refractivity contribution < 1.29 is 4.84 Å². The first kappa shape index (κ1) is 18.0. The van der Waals surface area contributed by atoms with E-state index in [4.69, 9.17) is 9.82 Å². The van der Waals surface area contributed by atoms with Crippen molar-refractivity contribution in [2.24, 2.45) is 0 Å². The van der Waals surface area contributed by atoms with Gasteiger partial charge in [-0.25, -0.2) is 9.67 Å². The number of aryl methyl sites for hydroxylation is 1. The van der Waals surface area contributed by atoms with Gasteiger partial charge in [-0.05, 0) is 38.7 Å². The van der Waals surface area contributed by atoms with E-state index in [9.17, 15) is 0 Å². The fraction of sp³-hybridized carbons (Fsp3) is 0.636. The molecule has 0 bridgehead atoms. The SMILES string of the molecule is CCn1ncc2c(NC3CCCCC3)c(C3=CC4(CCCCC4)ON3)cnc21. The van der Waals surface area contributed by atoms with Crippen LogP contribution in [0.15, 0.2) is 18.5 Å². The van der Waals surface area contributed by atoms with Gasteiger partial charge in [-0.1, -0.05) is 38.5 Å². The summed E-state index contributed by atoms with van der Waals surface area (Å²) in [5, 5.41) is 9.54. The van der Waals surface area contributed by atoms with Gasteiger partial charge in [0.25, 0.3) is 0 Å². The van der Waals surface area contributed by atoms with Gasteiger partial charge in [0.05, 0.1) is 23.0 Å². The van der Waals surface area contributed by atoms with Crippen molar-refractivity contribution >= 4 is 22.4 Å². The van der Waals surface area contributed by atoms with Crippen LogP contribution in [-0.2, 0) is 11.4 Å². The maximum atomic E-state index is 6.11. The number of hydrogen-bond acceptors (Lipinski definition) is 5. The van der Waals surface area contributed by atoms with Crippen molar-refractivity contribution in [3.63, 3.8) is 0 Å². The molecule has 0 unspecified atom stereocenters. The zero-order chi connectivity index (χ0) is 19.0. The predicted octanol–water partition coefficient (Wildman–Crippen LogP) is 4.77. The number of pyridine rings is 1. The third-order valence-corrected chi connectivity index (χ3v) is 6.68. The molecule has 0 aromatic carbocycles. The van der Waals surface area contributed by atoms with Crippen LogP contribution in [0, 0.1) is 0 Å². The highest BCUT2D eigenvalue weighted by Gasteiger charge is 2.37. The average molecular weight is 382 g/mol. The topological polar surface area (TPSA) is 64.0 Å². The molecule has 1 aliphatic heterocycles. The largest absolute Gasteiger partial charge is 0.381 e. The van der Waals surface area contributed by atoms with Crippen LogP contribution < -0.4 is 10.8 Å². The Kier molecular flexibility index (Phi) is 4.75. The second kappa shape index (κ2) is 7.39. The molecule has 1 spiro atoms. The first-order chi connectivity index (χ1) is 13.8. The summed E-state index contributed by atoms with van der Waals surface area (Å²) in [4.78, 5) is 10.9. The molecule has 2 saturated carbocycles. The molecule has 0 atom stereocenters. The van der Waals surface area contributed by atoms with E-state index < -0.39 is 0 Å². The molecule has 6 heteroatoms. The number of fused-ring (bicyclic) bond motifs is 1. The molecule has 5 rings (SSSR count). The molecule has 150 valence electrons. The molecular weight excluding hydrogens is 350 g/mol. The van der Waals surface area contributed by atoms with Crippen molar-refractivity contribution in [2.75, 3.05) is 5.32 Å². The van der Waals surface area contributed by atoms with E-state index >= 15 is 0 Å². The van der Waals surface area contributed by atoms with E-state index in [0.29, 0.717) is 6.04 Å². The summed E-state index contributed by atoms with van der Waals surface area (Å²) in [6, 6.07) is 0.523. The standard InChI is InChI=1S/C22H31N5O/c1-2-27-21-18(15-24-27)20(25-16-9-5-3-6-10-16)17(14-23-21)19-13-22(28-26-19)11-7-4-8-12-22/h13-16,26H,2-12H2,1H3,(H,23,25). The van der Waals surface area contributed by atoms with Gasteiger partial charge in [-0.2, -0.15) is 5.10 Å². The van der Waals surface area contributed by atoms with Gasteiger partial charge in [-0.3, -0.25) is 10.3 Å². The van der Waals surface area contributed by atoms with Crippen molar-refractivity contribution in [2.45, 2.75) is 89.3 Å². The third-order valence-electron chi connectivity index (χ3n) is 6.68. The van der Waals surface area contributed by atoms with Crippen LogP contribution in [0.25, 0.3) is 16.7 Å². The van der Waals surface area contributed by atoms with Gasteiger partial charge in [0.15, 0.2) is 5.65 Å². The van der Waals surface area contributed by atoms with Crippen LogP contribution in [0.5, 0.6) is 0 Å². The Bertz CT molecular complexity index is 874. The number of hydroxylamine groups is 1. The number of nitrogens with one attached hydrogen (secondary N) is 2. The number of rotatable bonds is 4. The average Bonchev–Trinajstić information content (AvgIpc) is 3.34. The van der Waals surface area contributed by atoms with E-state index in [1.54, 1.807) is 0 Å². The van der Waals surface area contributed by atoms with Crippen LogP contribution in [0.2, 0.25) is 0 Å². The van der Waals surface area contributed by atoms with Crippen LogP contribution in [0.3, 0.4) is 0 Å². The molecule has 3 aliphatic rings. The number of anilines is 1. The summed E-state index contributed by atoms with van der Waals surface area (Å²) in [5.41, 5.74) is 7.39. The molecule has 0 amide bonds. The van der Waals surface area contributed by atoms with Crippen LogP contribution >= 0.6 is 0 Å². The van der Waals surface area contributed by atoms with Crippen molar-refractivity contribution in [1.82, 2.24) is 20.2 Å². The minimum Gasteiger partial charge on any atom is -0.381 e. The lowest BCUT2D eigenvalue weighted by Crippen LogP contribution is -2.31. The van der Waals surface area contributed by atoms with E-state index in [0.717, 1.165) is 47.4 Å². The second-order valence-electron chi connectivity index (χ2n) is 8.61. The normalized spacial score (nSPS) is 22.4. The van der Waals surface area contributed by atoms with Crippen LogP contribution in [-0.4, -0.2) is 26.4 Å². The molecular formula is C22H31N5O. The fourth-order valence-electron chi connectivity index (χ4n) is 5.08. The summed E-state index contributed by atoms with van der Waals surface area (Å²) in [7, 11) is 0. The van der Waals surface area contributed by atoms with Crippen molar-refractivity contribution in [3.05, 3.63) is 24.0 Å². The van der Waals surface area contributed by atoms with Crippen molar-refractivity contribution in [1.29, 1.82) is 0 Å². The van der Waals surface area contributed by atoms with Gasteiger partial charge >= 0.3 is 0 Å². The lowest BCUT2D eigenvalue weighted by molar-refractivity contribution is -0.0557. The van der Waals surface area contributed by atoms with E-state index in [1.165, 1.54) is 51.4 Å². The van der Waals surface area contributed by atoms with Gasteiger partial charge in [0.1, 0.15) is 5.60 Å². The highest BCUT2D eigenvalue weighted by Crippen LogP contribution is 2.40. The monoisotopic (exact) mass is 381 g/mol. The van der Waals surface area contributed by atoms with Gasteiger partial charge in [-0.15, -0.1) is 0 Å². The highest BCUT2D eigenvalue weighted by molar-refractivity contribution is 5.95. The minimum absolute atomic E-state index is 0.141. The Balaban J connectivity index is 1.55. The van der Waals surface area contributed by atoms with E-state index in [1.807, 2.05) is 17.1 Å². The molecule has 2 N–H and O–H groups in total. The third kappa shape index (κ3) is 3.17. The van der Waals surface area contributed by atoms with E-state index in [2.05, 4.69) is 28.9 Å². The first-order valence-corrected chi connectivity index (χ1v) is 11.1. The minimum atomic E-state index is -0.141. The lowest BCUT2D eigenvalue weighted by Gasteiger charge is -2.29. The summed E-state index contributed by atoms with van der Waals surface area (Å²) >= 11 is 0. The van der Waals surface area contributed by atoms with Gasteiger partial charge in [0.2, 0.25) is 0 Å². The first-order valence-electron chi connectivity index (χ1n) is 11.1. The zero-order valence-electron chi connectivity index (χ0n) is 16.8. The fourth-order valence-corrected chi connectivity index (χ4v) is 5.08. The maximum Gasteiger partial charge on any atom is 0.159 e. The Morgan fingerprint density at radius 1 is 1.14 bits per heavy atom. The van der Waals surface area contributed by atoms with E-state index in [-0.39, 0.29) is 5.60 Å². The quantitative estimate of drug-likeness (QED) is 0.798. The Morgan fingerprint density at radius 3 is 2.71 bits per heavy atom. The number of aromatic nitrogens is 3. The number of hydrogen-bond donors (Lipinski definition) is 2.